The summed E-state index contributed by atoms with van der Waals surface area (Å²) in [6.45, 7) is 1.82. The Bertz CT molecular complexity index is 327. The number of hydrogen-bond acceptors (Lipinski definition) is 1. The molecule has 1 aromatic heterocycles. The van der Waals surface area contributed by atoms with Crippen molar-refractivity contribution in [3.05, 3.63) is 22.4 Å². The molecule has 64 valence electrons. The summed E-state index contributed by atoms with van der Waals surface area (Å²) in [6.07, 6.45) is 2.47. The fourth-order valence-electron chi connectivity index (χ4n) is 1.79. The van der Waals surface area contributed by atoms with Crippen LogP contribution in [0, 0.1) is 0 Å². The van der Waals surface area contributed by atoms with Gasteiger partial charge in [0.25, 0.3) is 0 Å². The van der Waals surface area contributed by atoms with Crippen LogP contribution in [0.25, 0.3) is 0 Å². The molecule has 1 spiro atoms. The van der Waals surface area contributed by atoms with Crippen LogP contribution < -0.4 is 0 Å². The van der Waals surface area contributed by atoms with Crippen molar-refractivity contribution in [2.75, 3.05) is 0 Å². The van der Waals surface area contributed by atoms with Crippen molar-refractivity contribution in [2.24, 2.45) is 0 Å². The van der Waals surface area contributed by atoms with Crippen molar-refractivity contribution in [1.29, 1.82) is 0 Å². The molecule has 0 bridgehead atoms. The number of fused-ring (bicyclic) bond motifs is 1. The van der Waals surface area contributed by atoms with Gasteiger partial charge in [-0.05, 0) is 40.9 Å². The van der Waals surface area contributed by atoms with Crippen LogP contribution in [0.15, 0.2) is 16.7 Å². The number of nitrogens with zero attached hydrogens (tertiary/aromatic N) is 1. The van der Waals surface area contributed by atoms with Gasteiger partial charge < -0.3 is 9.30 Å². The van der Waals surface area contributed by atoms with E-state index in [4.69, 9.17) is 4.74 Å². The topological polar surface area (TPSA) is 14.2 Å². The Kier molecular flexibility index (Phi) is 1.28. The van der Waals surface area contributed by atoms with Crippen LogP contribution in [0.5, 0.6) is 0 Å². The van der Waals surface area contributed by atoms with Gasteiger partial charge in [-0.25, -0.2) is 0 Å². The second-order valence-electron chi connectivity index (χ2n) is 3.71. The molecule has 1 saturated carbocycles. The summed E-state index contributed by atoms with van der Waals surface area (Å²) >= 11 is 3.54. The molecule has 3 rings (SSSR count). The largest absolute Gasteiger partial charge is 0.367 e. The summed E-state index contributed by atoms with van der Waals surface area (Å²) in [5.41, 5.74) is 1.51. The minimum atomic E-state index is 0.217. The molecule has 0 amide bonds. The number of halogens is 1. The van der Waals surface area contributed by atoms with Gasteiger partial charge in [0.15, 0.2) is 0 Å². The number of hydrogen-bond donors (Lipinski definition) is 0. The molecule has 0 aromatic carbocycles. The van der Waals surface area contributed by atoms with Crippen molar-refractivity contribution in [2.45, 2.75) is 31.6 Å². The van der Waals surface area contributed by atoms with Crippen molar-refractivity contribution < 1.29 is 4.74 Å². The van der Waals surface area contributed by atoms with E-state index in [2.05, 4.69) is 32.6 Å². The monoisotopic (exact) mass is 227 g/mol. The summed E-state index contributed by atoms with van der Waals surface area (Å²) < 4.78 is 9.28. The van der Waals surface area contributed by atoms with Gasteiger partial charge in [-0.1, -0.05) is 0 Å². The zero-order valence-corrected chi connectivity index (χ0v) is 8.30. The molecule has 0 saturated heterocycles. The molecule has 2 heterocycles. The van der Waals surface area contributed by atoms with E-state index in [1.54, 1.807) is 0 Å². The van der Waals surface area contributed by atoms with Crippen molar-refractivity contribution in [3.63, 3.8) is 0 Å². The summed E-state index contributed by atoms with van der Waals surface area (Å²) in [5.74, 6) is 0. The summed E-state index contributed by atoms with van der Waals surface area (Å²) in [5, 5.41) is 0. The molecule has 0 atom stereocenters. The van der Waals surface area contributed by atoms with E-state index in [1.807, 2.05) is 0 Å². The van der Waals surface area contributed by atoms with E-state index >= 15 is 0 Å². The predicted molar refractivity (Wildman–Crippen MR) is 48.9 cm³/mol. The second kappa shape index (κ2) is 2.15. The maximum absolute atomic E-state index is 5.77. The molecule has 12 heavy (non-hydrogen) atoms. The lowest BCUT2D eigenvalue weighted by Crippen LogP contribution is -2.28. The first kappa shape index (κ1) is 7.15. The Morgan fingerprint density at radius 1 is 1.42 bits per heavy atom. The Balaban J connectivity index is 2.04. The van der Waals surface area contributed by atoms with Gasteiger partial charge in [-0.3, -0.25) is 0 Å². The first-order chi connectivity index (χ1) is 5.79. The van der Waals surface area contributed by atoms with Crippen molar-refractivity contribution in [3.8, 4) is 0 Å². The van der Waals surface area contributed by atoms with Gasteiger partial charge in [0.2, 0.25) is 0 Å². The molecular formula is C9H10BrNO. The van der Waals surface area contributed by atoms with Gasteiger partial charge >= 0.3 is 0 Å². The maximum Gasteiger partial charge on any atom is 0.0876 e. The first-order valence-corrected chi connectivity index (χ1v) is 5.06. The van der Waals surface area contributed by atoms with E-state index in [0.717, 1.165) is 13.2 Å². The normalized spacial score (nSPS) is 24.1. The molecule has 0 unspecified atom stereocenters. The van der Waals surface area contributed by atoms with Gasteiger partial charge in [0.05, 0.1) is 23.4 Å². The van der Waals surface area contributed by atoms with E-state index in [-0.39, 0.29) is 5.60 Å². The van der Waals surface area contributed by atoms with Gasteiger partial charge in [0, 0.05) is 5.69 Å². The third-order valence-corrected chi connectivity index (χ3v) is 3.49. The van der Waals surface area contributed by atoms with Crippen molar-refractivity contribution in [1.82, 2.24) is 4.57 Å². The predicted octanol–water partition coefficient (Wildman–Crippen LogP) is 2.31. The molecular weight excluding hydrogens is 218 g/mol. The van der Waals surface area contributed by atoms with E-state index < -0.39 is 0 Å². The van der Waals surface area contributed by atoms with Crippen LogP contribution in [0.2, 0.25) is 0 Å². The summed E-state index contributed by atoms with van der Waals surface area (Å²) in [7, 11) is 0. The fraction of sp³-hybridized carbons (Fsp3) is 0.556. The highest BCUT2D eigenvalue weighted by atomic mass is 79.9. The molecule has 0 N–H and O–H groups in total. The third kappa shape index (κ3) is 0.896. The standard InChI is InChI=1S/C9H10BrNO/c10-8-2-1-7-5-12-9(3-4-9)6-11(7)8/h1-2H,3-6H2. The lowest BCUT2D eigenvalue weighted by molar-refractivity contribution is -0.0164. The molecule has 2 aliphatic rings. The first-order valence-electron chi connectivity index (χ1n) is 4.27. The van der Waals surface area contributed by atoms with Crippen LogP contribution >= 0.6 is 15.9 Å². The highest BCUT2D eigenvalue weighted by Gasteiger charge is 2.46. The van der Waals surface area contributed by atoms with Crippen LogP contribution in [-0.4, -0.2) is 10.2 Å². The lowest BCUT2D eigenvalue weighted by Gasteiger charge is -2.25. The minimum absolute atomic E-state index is 0.217. The molecule has 1 aliphatic carbocycles. The fourth-order valence-corrected chi connectivity index (χ4v) is 2.27. The minimum Gasteiger partial charge on any atom is -0.367 e. The molecule has 1 aliphatic heterocycles. The number of ether oxygens (including phenoxy) is 1. The molecule has 1 fully saturated rings. The molecule has 0 radical (unpaired) electrons. The van der Waals surface area contributed by atoms with E-state index in [0.29, 0.717) is 0 Å². The molecule has 1 aromatic rings. The SMILES string of the molecule is Brc1ccc2n1CC1(CC1)OC2. The van der Waals surface area contributed by atoms with Gasteiger partial charge in [0.1, 0.15) is 0 Å². The quantitative estimate of drug-likeness (QED) is 0.664. The third-order valence-electron chi connectivity index (χ3n) is 2.80. The summed E-state index contributed by atoms with van der Waals surface area (Å²) in [4.78, 5) is 0. The van der Waals surface area contributed by atoms with E-state index in [1.165, 1.54) is 23.1 Å². The van der Waals surface area contributed by atoms with Crippen LogP contribution in [-0.2, 0) is 17.9 Å². The Morgan fingerprint density at radius 2 is 2.25 bits per heavy atom. The highest BCUT2D eigenvalue weighted by molar-refractivity contribution is 9.10. The lowest BCUT2D eigenvalue weighted by atomic mass is 10.3. The number of rotatable bonds is 0. The molecule has 2 nitrogen and oxygen atoms in total. The summed E-state index contributed by atoms with van der Waals surface area (Å²) in [6, 6.07) is 4.22. The Hall–Kier alpha value is -0.280. The average Bonchev–Trinajstić information content (AvgIpc) is 2.73. The Morgan fingerprint density at radius 3 is 3.00 bits per heavy atom. The Labute approximate surface area is 79.6 Å². The smallest absolute Gasteiger partial charge is 0.0876 e. The van der Waals surface area contributed by atoms with Crippen LogP contribution in [0.4, 0.5) is 0 Å². The van der Waals surface area contributed by atoms with Crippen molar-refractivity contribution >= 4 is 15.9 Å². The van der Waals surface area contributed by atoms with Crippen LogP contribution in [0.1, 0.15) is 18.5 Å². The zero-order chi connectivity index (χ0) is 8.18. The van der Waals surface area contributed by atoms with Gasteiger partial charge in [-0.2, -0.15) is 0 Å². The van der Waals surface area contributed by atoms with Gasteiger partial charge in [-0.15, -0.1) is 0 Å². The zero-order valence-electron chi connectivity index (χ0n) is 6.72. The van der Waals surface area contributed by atoms with E-state index in [9.17, 15) is 0 Å². The number of aromatic nitrogens is 1. The maximum atomic E-state index is 5.77. The second-order valence-corrected chi connectivity index (χ2v) is 4.52. The molecule has 3 heteroatoms. The highest BCUT2D eigenvalue weighted by Crippen LogP contribution is 2.45. The van der Waals surface area contributed by atoms with Crippen LogP contribution in [0.3, 0.4) is 0 Å². The average molecular weight is 228 g/mol.